The van der Waals surface area contributed by atoms with Crippen LogP contribution in [0.2, 0.25) is 0 Å². The lowest BCUT2D eigenvalue weighted by Gasteiger charge is -2.07. The van der Waals surface area contributed by atoms with Gasteiger partial charge in [0.15, 0.2) is 0 Å². The van der Waals surface area contributed by atoms with Crippen molar-refractivity contribution in [1.29, 1.82) is 0 Å². The van der Waals surface area contributed by atoms with Gasteiger partial charge in [0.05, 0.1) is 5.56 Å². The molecule has 1 saturated carbocycles. The van der Waals surface area contributed by atoms with Gasteiger partial charge in [-0.15, -0.1) is 0 Å². The number of aromatic carboxylic acids is 1. The van der Waals surface area contributed by atoms with E-state index in [9.17, 15) is 9.59 Å². The molecule has 20 heavy (non-hydrogen) atoms. The number of hydrogen-bond acceptors (Lipinski definition) is 2. The molecule has 2 rings (SSSR count). The van der Waals surface area contributed by atoms with Gasteiger partial charge in [0, 0.05) is 13.1 Å². The second-order valence-electron chi connectivity index (χ2n) is 5.37. The normalized spacial score (nSPS) is 20.2. The Morgan fingerprint density at radius 1 is 1.35 bits per heavy atom. The molecule has 3 N–H and O–H groups in total. The SMILES string of the molecule is CC1CC1CNC(=O)NCCc1cccc(C(=O)O)c1. The average Bonchev–Trinajstić information content (AvgIpc) is 3.13. The van der Waals surface area contributed by atoms with E-state index < -0.39 is 5.97 Å². The zero-order valence-electron chi connectivity index (χ0n) is 11.6. The van der Waals surface area contributed by atoms with Crippen molar-refractivity contribution >= 4 is 12.0 Å². The molecule has 0 bridgehead atoms. The van der Waals surface area contributed by atoms with Crippen LogP contribution in [0.3, 0.4) is 0 Å². The van der Waals surface area contributed by atoms with Gasteiger partial charge in [-0.2, -0.15) is 0 Å². The lowest BCUT2D eigenvalue weighted by molar-refractivity contribution is 0.0696. The molecule has 0 saturated heterocycles. The van der Waals surface area contributed by atoms with Gasteiger partial charge >= 0.3 is 12.0 Å². The monoisotopic (exact) mass is 276 g/mol. The first-order valence-corrected chi connectivity index (χ1v) is 6.90. The molecule has 0 spiro atoms. The van der Waals surface area contributed by atoms with Gasteiger partial charge in [0.2, 0.25) is 0 Å². The third-order valence-electron chi connectivity index (χ3n) is 3.67. The number of benzene rings is 1. The number of amides is 2. The first-order chi connectivity index (χ1) is 9.56. The van der Waals surface area contributed by atoms with Gasteiger partial charge in [-0.3, -0.25) is 0 Å². The molecule has 1 aliphatic rings. The fraction of sp³-hybridized carbons (Fsp3) is 0.467. The highest BCUT2D eigenvalue weighted by Crippen LogP contribution is 2.36. The lowest BCUT2D eigenvalue weighted by atomic mass is 10.1. The van der Waals surface area contributed by atoms with Crippen molar-refractivity contribution in [1.82, 2.24) is 10.6 Å². The van der Waals surface area contributed by atoms with Crippen LogP contribution in [-0.4, -0.2) is 30.2 Å². The van der Waals surface area contributed by atoms with Crippen molar-refractivity contribution in [2.75, 3.05) is 13.1 Å². The molecule has 1 fully saturated rings. The van der Waals surface area contributed by atoms with Crippen LogP contribution in [0, 0.1) is 11.8 Å². The van der Waals surface area contributed by atoms with Crippen LogP contribution >= 0.6 is 0 Å². The van der Waals surface area contributed by atoms with Crippen LogP contribution in [0.5, 0.6) is 0 Å². The van der Waals surface area contributed by atoms with Gasteiger partial charge < -0.3 is 15.7 Å². The molecular formula is C15H20N2O3. The molecule has 1 aliphatic carbocycles. The lowest BCUT2D eigenvalue weighted by Crippen LogP contribution is -2.37. The molecule has 5 nitrogen and oxygen atoms in total. The van der Waals surface area contributed by atoms with E-state index in [0.29, 0.717) is 18.9 Å². The Labute approximate surface area is 118 Å². The third-order valence-corrected chi connectivity index (χ3v) is 3.67. The molecule has 1 aromatic carbocycles. The van der Waals surface area contributed by atoms with E-state index in [2.05, 4.69) is 17.6 Å². The van der Waals surface area contributed by atoms with Crippen LogP contribution in [0.25, 0.3) is 0 Å². The molecule has 1 aromatic rings. The highest BCUT2D eigenvalue weighted by Gasteiger charge is 2.32. The average molecular weight is 276 g/mol. The summed E-state index contributed by atoms with van der Waals surface area (Å²) in [5.41, 5.74) is 1.18. The van der Waals surface area contributed by atoms with Crippen molar-refractivity contribution in [2.45, 2.75) is 19.8 Å². The Balaban J connectivity index is 1.68. The summed E-state index contributed by atoms with van der Waals surface area (Å²) in [5.74, 6) is 0.429. The van der Waals surface area contributed by atoms with Gasteiger partial charge in [0.25, 0.3) is 0 Å². The standard InChI is InChI=1S/C15H20N2O3/c1-10-7-13(10)9-17-15(20)16-6-5-11-3-2-4-12(8-11)14(18)19/h2-4,8,10,13H,5-7,9H2,1H3,(H,18,19)(H2,16,17,20). The third kappa shape index (κ3) is 4.26. The highest BCUT2D eigenvalue weighted by molar-refractivity contribution is 5.87. The van der Waals surface area contributed by atoms with Crippen LogP contribution in [0.4, 0.5) is 4.79 Å². The smallest absolute Gasteiger partial charge is 0.335 e. The maximum Gasteiger partial charge on any atom is 0.335 e. The molecule has 2 amide bonds. The summed E-state index contributed by atoms with van der Waals surface area (Å²) < 4.78 is 0. The number of carboxylic acids is 1. The Morgan fingerprint density at radius 3 is 2.75 bits per heavy atom. The number of carbonyl (C=O) groups is 2. The Morgan fingerprint density at radius 2 is 2.10 bits per heavy atom. The Hall–Kier alpha value is -2.04. The fourth-order valence-corrected chi connectivity index (χ4v) is 2.15. The molecule has 0 heterocycles. The quantitative estimate of drug-likeness (QED) is 0.742. The molecule has 108 valence electrons. The summed E-state index contributed by atoms with van der Waals surface area (Å²) >= 11 is 0. The first kappa shape index (κ1) is 14.4. The van der Waals surface area contributed by atoms with E-state index in [1.54, 1.807) is 18.2 Å². The number of urea groups is 1. The molecule has 0 aromatic heterocycles. The predicted molar refractivity (Wildman–Crippen MR) is 75.8 cm³/mol. The zero-order chi connectivity index (χ0) is 14.5. The summed E-state index contributed by atoms with van der Waals surface area (Å²) in [5, 5.41) is 14.5. The van der Waals surface area contributed by atoms with Crippen molar-refractivity contribution in [3.63, 3.8) is 0 Å². The van der Waals surface area contributed by atoms with Gasteiger partial charge in [0.1, 0.15) is 0 Å². The summed E-state index contributed by atoms with van der Waals surface area (Å²) in [7, 11) is 0. The minimum Gasteiger partial charge on any atom is -0.478 e. The maximum absolute atomic E-state index is 11.5. The second kappa shape index (κ2) is 6.41. The van der Waals surface area contributed by atoms with E-state index in [-0.39, 0.29) is 11.6 Å². The Kier molecular flexibility index (Phi) is 4.61. The van der Waals surface area contributed by atoms with Crippen molar-refractivity contribution < 1.29 is 14.7 Å². The minimum absolute atomic E-state index is 0.154. The van der Waals surface area contributed by atoms with Crippen LogP contribution in [-0.2, 0) is 6.42 Å². The largest absolute Gasteiger partial charge is 0.478 e. The van der Waals surface area contributed by atoms with E-state index in [1.165, 1.54) is 6.42 Å². The first-order valence-electron chi connectivity index (χ1n) is 6.90. The summed E-state index contributed by atoms with van der Waals surface area (Å²) in [6.07, 6.45) is 1.82. The number of carboxylic acid groups (broad SMARTS) is 1. The van der Waals surface area contributed by atoms with Gasteiger partial charge in [-0.05, 0) is 42.4 Å². The van der Waals surface area contributed by atoms with Crippen LogP contribution in [0.1, 0.15) is 29.3 Å². The number of carbonyl (C=O) groups excluding carboxylic acids is 1. The van der Waals surface area contributed by atoms with Crippen molar-refractivity contribution in [3.05, 3.63) is 35.4 Å². The summed E-state index contributed by atoms with van der Waals surface area (Å²) in [6.45, 7) is 3.41. The van der Waals surface area contributed by atoms with Gasteiger partial charge in [-0.1, -0.05) is 19.1 Å². The van der Waals surface area contributed by atoms with Crippen LogP contribution < -0.4 is 10.6 Å². The molecular weight excluding hydrogens is 256 g/mol. The highest BCUT2D eigenvalue weighted by atomic mass is 16.4. The molecule has 5 heteroatoms. The van der Waals surface area contributed by atoms with Crippen molar-refractivity contribution in [3.8, 4) is 0 Å². The predicted octanol–water partition coefficient (Wildman–Crippen LogP) is 1.88. The number of nitrogens with one attached hydrogen (secondary N) is 2. The molecule has 0 aliphatic heterocycles. The summed E-state index contributed by atoms with van der Waals surface area (Å²) in [4.78, 5) is 22.4. The van der Waals surface area contributed by atoms with E-state index in [4.69, 9.17) is 5.11 Å². The number of hydrogen-bond donors (Lipinski definition) is 3. The molecule has 2 unspecified atom stereocenters. The molecule has 0 radical (unpaired) electrons. The van der Waals surface area contributed by atoms with E-state index >= 15 is 0 Å². The van der Waals surface area contributed by atoms with Crippen LogP contribution in [0.15, 0.2) is 24.3 Å². The Bertz CT molecular complexity index is 502. The summed E-state index contributed by atoms with van der Waals surface area (Å²) in [6, 6.07) is 6.61. The maximum atomic E-state index is 11.5. The minimum atomic E-state index is -0.934. The van der Waals surface area contributed by atoms with Crippen molar-refractivity contribution in [2.24, 2.45) is 11.8 Å². The molecule has 2 atom stereocenters. The number of rotatable bonds is 6. The topological polar surface area (TPSA) is 78.4 Å². The zero-order valence-corrected chi connectivity index (χ0v) is 11.6. The van der Waals surface area contributed by atoms with Gasteiger partial charge in [-0.25, -0.2) is 9.59 Å². The fourth-order valence-electron chi connectivity index (χ4n) is 2.15. The van der Waals surface area contributed by atoms with E-state index in [1.807, 2.05) is 6.07 Å². The van der Waals surface area contributed by atoms with E-state index in [0.717, 1.165) is 18.0 Å². The second-order valence-corrected chi connectivity index (χ2v) is 5.37.